The predicted molar refractivity (Wildman–Crippen MR) is 78.8 cm³/mol. The van der Waals surface area contributed by atoms with Crippen molar-refractivity contribution in [2.45, 2.75) is 20.4 Å². The van der Waals surface area contributed by atoms with Gasteiger partial charge in [-0.15, -0.1) is 11.3 Å². The van der Waals surface area contributed by atoms with Crippen molar-refractivity contribution >= 4 is 28.8 Å². The summed E-state index contributed by atoms with van der Waals surface area (Å²) in [7, 11) is 0. The number of nitrogens with two attached hydrogens (primary N) is 1. The van der Waals surface area contributed by atoms with Crippen LogP contribution in [0, 0.1) is 6.92 Å². The summed E-state index contributed by atoms with van der Waals surface area (Å²) in [6.07, 6.45) is 1.45. The van der Waals surface area contributed by atoms with Crippen molar-refractivity contribution in [3.05, 3.63) is 33.9 Å². The zero-order valence-electron chi connectivity index (χ0n) is 11.3. The van der Waals surface area contributed by atoms with Crippen molar-refractivity contribution < 1.29 is 9.53 Å². The number of nitrogens with zero attached hydrogens (tertiary/aromatic N) is 2. The number of hydrogen-bond acceptors (Lipinski definition) is 7. The fraction of sp³-hybridized carbons (Fsp3) is 0.308. The number of hydrogen-bond donors (Lipinski definition) is 2. The first kappa shape index (κ1) is 14.3. The van der Waals surface area contributed by atoms with Crippen LogP contribution in [-0.4, -0.2) is 22.5 Å². The highest BCUT2D eigenvalue weighted by Gasteiger charge is 2.12. The molecule has 0 amide bonds. The third-order valence-electron chi connectivity index (χ3n) is 2.55. The largest absolute Gasteiger partial charge is 0.462 e. The van der Waals surface area contributed by atoms with Crippen LogP contribution in [0.3, 0.4) is 0 Å². The van der Waals surface area contributed by atoms with Crippen molar-refractivity contribution in [2.75, 3.05) is 17.7 Å². The zero-order chi connectivity index (χ0) is 14.5. The minimum absolute atomic E-state index is 0.304. The van der Waals surface area contributed by atoms with E-state index in [1.165, 1.54) is 6.20 Å². The molecule has 7 heteroatoms. The Morgan fingerprint density at radius 2 is 2.35 bits per heavy atom. The second-order valence-corrected chi connectivity index (χ2v) is 5.15. The second-order valence-electron chi connectivity index (χ2n) is 4.09. The molecule has 2 heterocycles. The van der Waals surface area contributed by atoms with E-state index in [4.69, 9.17) is 10.5 Å². The minimum atomic E-state index is -0.444. The lowest BCUT2D eigenvalue weighted by atomic mass is 10.2. The van der Waals surface area contributed by atoms with Gasteiger partial charge >= 0.3 is 5.97 Å². The molecule has 0 atom stereocenters. The Bertz CT molecular complexity index is 612. The van der Waals surface area contributed by atoms with Crippen LogP contribution < -0.4 is 11.1 Å². The number of ether oxygens (including phenoxy) is 1. The molecule has 0 fully saturated rings. The lowest BCUT2D eigenvalue weighted by Gasteiger charge is -2.08. The SMILES string of the molecule is CCOC(=O)c1cc(NCc2csc(C)n2)ncc1N. The first-order valence-corrected chi connectivity index (χ1v) is 7.05. The average Bonchev–Trinajstić information content (AvgIpc) is 2.84. The average molecular weight is 292 g/mol. The van der Waals surface area contributed by atoms with Crippen molar-refractivity contribution in [3.8, 4) is 0 Å². The molecule has 0 radical (unpaired) electrons. The van der Waals surface area contributed by atoms with Crippen LogP contribution in [0.5, 0.6) is 0 Å². The molecule has 2 aromatic heterocycles. The van der Waals surface area contributed by atoms with Crippen LogP contribution in [0.15, 0.2) is 17.6 Å². The summed E-state index contributed by atoms with van der Waals surface area (Å²) in [5.74, 6) is 0.118. The number of esters is 1. The third kappa shape index (κ3) is 3.45. The van der Waals surface area contributed by atoms with Gasteiger partial charge in [0.1, 0.15) is 5.82 Å². The minimum Gasteiger partial charge on any atom is -0.462 e. The number of aryl methyl sites for hydroxylation is 1. The van der Waals surface area contributed by atoms with Crippen molar-refractivity contribution in [1.82, 2.24) is 9.97 Å². The van der Waals surface area contributed by atoms with Crippen LogP contribution in [0.25, 0.3) is 0 Å². The van der Waals surface area contributed by atoms with E-state index in [2.05, 4.69) is 15.3 Å². The van der Waals surface area contributed by atoms with Crippen molar-refractivity contribution in [1.29, 1.82) is 0 Å². The number of carbonyl (C=O) groups excluding carboxylic acids is 1. The number of pyridine rings is 1. The van der Waals surface area contributed by atoms with Gasteiger partial charge in [-0.1, -0.05) is 0 Å². The fourth-order valence-corrected chi connectivity index (χ4v) is 2.23. The van der Waals surface area contributed by atoms with Crippen LogP contribution in [0.1, 0.15) is 28.0 Å². The lowest BCUT2D eigenvalue weighted by molar-refractivity contribution is 0.0527. The van der Waals surface area contributed by atoms with Gasteiger partial charge in [0.2, 0.25) is 0 Å². The molecule has 0 aliphatic rings. The molecule has 0 unspecified atom stereocenters. The molecule has 0 aliphatic heterocycles. The molecule has 3 N–H and O–H groups in total. The smallest absolute Gasteiger partial charge is 0.340 e. The molecule has 106 valence electrons. The summed E-state index contributed by atoms with van der Waals surface area (Å²) in [4.78, 5) is 20.2. The number of aromatic nitrogens is 2. The monoisotopic (exact) mass is 292 g/mol. The van der Waals surface area contributed by atoms with Crippen molar-refractivity contribution in [2.24, 2.45) is 0 Å². The van der Waals surface area contributed by atoms with Gasteiger partial charge in [0, 0.05) is 5.38 Å². The maximum Gasteiger partial charge on any atom is 0.340 e. The first-order chi connectivity index (χ1) is 9.60. The molecular weight excluding hydrogens is 276 g/mol. The molecule has 0 saturated heterocycles. The van der Waals surface area contributed by atoms with Gasteiger partial charge in [0.15, 0.2) is 0 Å². The van der Waals surface area contributed by atoms with Gasteiger partial charge < -0.3 is 15.8 Å². The topological polar surface area (TPSA) is 90.1 Å². The molecule has 0 bridgehead atoms. The van der Waals surface area contributed by atoms with E-state index in [0.717, 1.165) is 10.7 Å². The Kier molecular flexibility index (Phi) is 4.52. The van der Waals surface area contributed by atoms with Gasteiger partial charge in [-0.2, -0.15) is 0 Å². The normalized spacial score (nSPS) is 10.3. The fourth-order valence-electron chi connectivity index (χ4n) is 1.62. The van der Waals surface area contributed by atoms with Gasteiger partial charge in [0.05, 0.1) is 41.3 Å². The summed E-state index contributed by atoms with van der Waals surface area (Å²) in [5.41, 5.74) is 7.29. The number of thiazole rings is 1. The zero-order valence-corrected chi connectivity index (χ0v) is 12.2. The van der Waals surface area contributed by atoms with E-state index in [1.54, 1.807) is 24.3 Å². The van der Waals surface area contributed by atoms with Gasteiger partial charge in [-0.3, -0.25) is 0 Å². The first-order valence-electron chi connectivity index (χ1n) is 6.17. The molecule has 6 nitrogen and oxygen atoms in total. The van der Waals surface area contributed by atoms with Gasteiger partial charge in [0.25, 0.3) is 0 Å². The van der Waals surface area contributed by atoms with E-state index in [1.807, 2.05) is 12.3 Å². The predicted octanol–water partition coefficient (Wildman–Crippen LogP) is 2.22. The molecule has 20 heavy (non-hydrogen) atoms. The van der Waals surface area contributed by atoms with E-state index in [9.17, 15) is 4.79 Å². The second kappa shape index (κ2) is 6.33. The highest BCUT2D eigenvalue weighted by atomic mass is 32.1. The summed E-state index contributed by atoms with van der Waals surface area (Å²) >= 11 is 1.59. The molecule has 0 aromatic carbocycles. The molecular formula is C13H16N4O2S. The number of carbonyl (C=O) groups is 1. The van der Waals surface area contributed by atoms with Crippen LogP contribution in [-0.2, 0) is 11.3 Å². The number of rotatable bonds is 5. The number of nitrogens with one attached hydrogen (secondary N) is 1. The third-order valence-corrected chi connectivity index (χ3v) is 3.37. The lowest BCUT2D eigenvalue weighted by Crippen LogP contribution is -2.10. The van der Waals surface area contributed by atoms with E-state index < -0.39 is 5.97 Å². The highest BCUT2D eigenvalue weighted by molar-refractivity contribution is 7.09. The van der Waals surface area contributed by atoms with E-state index in [0.29, 0.717) is 30.2 Å². The molecule has 2 aromatic rings. The maximum atomic E-state index is 11.7. The summed E-state index contributed by atoms with van der Waals surface area (Å²) in [6.45, 7) is 4.55. The standard InChI is InChI=1S/C13H16N4O2S/c1-3-19-13(18)10-4-12(16-6-11(10)14)15-5-9-7-20-8(2)17-9/h4,6-7H,3,5,14H2,1-2H3,(H,15,16). The molecule has 2 rings (SSSR count). The molecule has 0 saturated carbocycles. The Hall–Kier alpha value is -2.15. The van der Waals surface area contributed by atoms with E-state index in [-0.39, 0.29) is 0 Å². The maximum absolute atomic E-state index is 11.7. The van der Waals surface area contributed by atoms with E-state index >= 15 is 0 Å². The quantitative estimate of drug-likeness (QED) is 0.821. The summed E-state index contributed by atoms with van der Waals surface area (Å²) in [5, 5.41) is 6.10. The Morgan fingerprint density at radius 1 is 1.55 bits per heavy atom. The summed E-state index contributed by atoms with van der Waals surface area (Å²) in [6, 6.07) is 1.59. The van der Waals surface area contributed by atoms with Crippen LogP contribution in [0.2, 0.25) is 0 Å². The highest BCUT2D eigenvalue weighted by Crippen LogP contribution is 2.17. The number of anilines is 2. The Morgan fingerprint density at radius 3 is 3.00 bits per heavy atom. The number of nitrogen functional groups attached to an aromatic ring is 1. The van der Waals surface area contributed by atoms with Crippen LogP contribution in [0.4, 0.5) is 11.5 Å². The molecule has 0 spiro atoms. The van der Waals surface area contributed by atoms with Crippen molar-refractivity contribution in [3.63, 3.8) is 0 Å². The van der Waals surface area contributed by atoms with Gasteiger partial charge in [-0.05, 0) is 19.9 Å². The summed E-state index contributed by atoms with van der Waals surface area (Å²) < 4.78 is 4.94. The van der Waals surface area contributed by atoms with Crippen LogP contribution >= 0.6 is 11.3 Å². The van der Waals surface area contributed by atoms with Gasteiger partial charge in [-0.25, -0.2) is 14.8 Å². The molecule has 0 aliphatic carbocycles. The Balaban J connectivity index is 2.08. The Labute approximate surface area is 121 Å².